The Morgan fingerprint density at radius 1 is 1.42 bits per heavy atom. The van der Waals surface area contributed by atoms with Gasteiger partial charge >= 0.3 is 0 Å². The Kier molecular flexibility index (Phi) is 4.68. The quantitative estimate of drug-likeness (QED) is 0.879. The van der Waals surface area contributed by atoms with Crippen LogP contribution in [0.15, 0.2) is 30.6 Å². The van der Waals surface area contributed by atoms with Crippen LogP contribution in [0.25, 0.3) is 0 Å². The average Bonchev–Trinajstić information content (AvgIpc) is 2.86. The Morgan fingerprint density at radius 2 is 2.26 bits per heavy atom. The molecule has 0 aliphatic rings. The molecule has 0 aliphatic heterocycles. The van der Waals surface area contributed by atoms with E-state index < -0.39 is 0 Å². The second-order valence-electron chi connectivity index (χ2n) is 4.24. The van der Waals surface area contributed by atoms with Crippen LogP contribution in [0.4, 0.5) is 5.69 Å². The van der Waals surface area contributed by atoms with Crippen LogP contribution in [0.5, 0.6) is 5.75 Å². The van der Waals surface area contributed by atoms with Gasteiger partial charge in [-0.1, -0.05) is 18.5 Å². The van der Waals surface area contributed by atoms with E-state index in [0.717, 1.165) is 24.5 Å². The fourth-order valence-corrected chi connectivity index (χ4v) is 2.10. The number of nitrogens with one attached hydrogen (secondary N) is 1. The van der Waals surface area contributed by atoms with Crippen molar-refractivity contribution in [1.29, 1.82) is 0 Å². The van der Waals surface area contributed by atoms with E-state index in [1.54, 1.807) is 7.11 Å². The van der Waals surface area contributed by atoms with Crippen LogP contribution < -0.4 is 10.1 Å². The first kappa shape index (κ1) is 13.7. The minimum absolute atomic E-state index is 0.612. The van der Waals surface area contributed by atoms with E-state index in [1.807, 2.05) is 30.6 Å². The lowest BCUT2D eigenvalue weighted by Gasteiger charge is -2.10. The number of methoxy groups -OCH3 is 1. The molecule has 0 saturated carbocycles. The molecule has 2 rings (SSSR count). The third kappa shape index (κ3) is 3.41. The van der Waals surface area contributed by atoms with Crippen molar-refractivity contribution in [2.45, 2.75) is 26.4 Å². The Labute approximate surface area is 118 Å². The minimum Gasteiger partial charge on any atom is -0.495 e. The first-order chi connectivity index (χ1) is 9.24. The number of hydrogen-bond acceptors (Lipinski definition) is 3. The van der Waals surface area contributed by atoms with Gasteiger partial charge in [0.25, 0.3) is 0 Å². The van der Waals surface area contributed by atoms with Gasteiger partial charge in [-0.05, 0) is 18.6 Å². The van der Waals surface area contributed by atoms with Gasteiger partial charge in [0.1, 0.15) is 11.6 Å². The van der Waals surface area contributed by atoms with E-state index in [4.69, 9.17) is 16.3 Å². The van der Waals surface area contributed by atoms with E-state index >= 15 is 0 Å². The van der Waals surface area contributed by atoms with Crippen molar-refractivity contribution in [2.75, 3.05) is 12.4 Å². The Hall–Kier alpha value is -1.68. The van der Waals surface area contributed by atoms with Gasteiger partial charge in [0, 0.05) is 30.7 Å². The summed E-state index contributed by atoms with van der Waals surface area (Å²) in [5.41, 5.74) is 0.965. The van der Waals surface area contributed by atoms with Gasteiger partial charge < -0.3 is 14.6 Å². The van der Waals surface area contributed by atoms with Crippen molar-refractivity contribution < 1.29 is 4.74 Å². The summed E-state index contributed by atoms with van der Waals surface area (Å²) in [5.74, 6) is 1.69. The monoisotopic (exact) mass is 279 g/mol. The molecule has 0 fully saturated rings. The van der Waals surface area contributed by atoms with E-state index in [9.17, 15) is 0 Å². The van der Waals surface area contributed by atoms with Crippen molar-refractivity contribution in [2.24, 2.45) is 0 Å². The predicted octanol–water partition coefficient (Wildman–Crippen LogP) is 3.57. The van der Waals surface area contributed by atoms with Gasteiger partial charge in [-0.25, -0.2) is 4.98 Å². The molecule has 2 aromatic rings. The van der Waals surface area contributed by atoms with Crippen molar-refractivity contribution in [3.8, 4) is 5.75 Å². The molecule has 102 valence electrons. The molecular weight excluding hydrogens is 262 g/mol. The van der Waals surface area contributed by atoms with Gasteiger partial charge in [0.2, 0.25) is 0 Å². The fraction of sp³-hybridized carbons (Fsp3) is 0.357. The maximum absolute atomic E-state index is 5.99. The van der Waals surface area contributed by atoms with Crippen LogP contribution >= 0.6 is 11.6 Å². The molecule has 0 aliphatic carbocycles. The number of halogens is 1. The maximum Gasteiger partial charge on any atom is 0.139 e. The number of anilines is 1. The maximum atomic E-state index is 5.99. The molecule has 5 heteroatoms. The van der Waals surface area contributed by atoms with Gasteiger partial charge in [-0.2, -0.15) is 0 Å². The molecule has 19 heavy (non-hydrogen) atoms. The lowest BCUT2D eigenvalue weighted by molar-refractivity contribution is 0.415. The third-order valence-electron chi connectivity index (χ3n) is 2.87. The predicted molar refractivity (Wildman–Crippen MR) is 77.8 cm³/mol. The molecule has 0 bridgehead atoms. The molecule has 0 unspecified atom stereocenters. The van der Waals surface area contributed by atoms with E-state index in [0.29, 0.717) is 17.3 Å². The van der Waals surface area contributed by atoms with Crippen LogP contribution in [0.2, 0.25) is 5.02 Å². The molecule has 0 saturated heterocycles. The number of nitrogens with zero attached hydrogens (tertiary/aromatic N) is 2. The molecule has 1 heterocycles. The first-order valence-corrected chi connectivity index (χ1v) is 6.69. The zero-order valence-electron chi connectivity index (χ0n) is 11.2. The highest BCUT2D eigenvalue weighted by Gasteiger charge is 2.04. The highest BCUT2D eigenvalue weighted by Crippen LogP contribution is 2.27. The number of hydrogen-bond donors (Lipinski definition) is 1. The van der Waals surface area contributed by atoms with Crippen molar-refractivity contribution in [1.82, 2.24) is 9.55 Å². The van der Waals surface area contributed by atoms with Crippen molar-refractivity contribution in [3.63, 3.8) is 0 Å². The highest BCUT2D eigenvalue weighted by atomic mass is 35.5. The lowest BCUT2D eigenvalue weighted by atomic mass is 10.3. The molecule has 1 N–H and O–H groups in total. The molecule has 4 nitrogen and oxygen atoms in total. The molecule has 0 atom stereocenters. The Morgan fingerprint density at radius 3 is 3.00 bits per heavy atom. The Balaban J connectivity index is 2.04. The van der Waals surface area contributed by atoms with Gasteiger partial charge in [-0.3, -0.25) is 0 Å². The van der Waals surface area contributed by atoms with Crippen molar-refractivity contribution >= 4 is 17.3 Å². The van der Waals surface area contributed by atoms with E-state index in [2.05, 4.69) is 21.8 Å². The van der Waals surface area contributed by atoms with Gasteiger partial charge in [0.05, 0.1) is 18.7 Å². The number of benzene rings is 1. The molecule has 0 amide bonds. The number of imidazole rings is 1. The number of aryl methyl sites for hydroxylation is 1. The van der Waals surface area contributed by atoms with Crippen LogP contribution in [0.3, 0.4) is 0 Å². The standard InChI is InChI=1S/C14H18ClN3O/c1-3-7-18-8-6-16-14(18)10-17-11-4-5-12(15)13(9-11)19-2/h4-6,8-9,17H,3,7,10H2,1-2H3. The SMILES string of the molecule is CCCn1ccnc1CNc1ccc(Cl)c(OC)c1. The summed E-state index contributed by atoms with van der Waals surface area (Å²) in [6.45, 7) is 3.82. The second-order valence-corrected chi connectivity index (χ2v) is 4.65. The summed E-state index contributed by atoms with van der Waals surface area (Å²) in [7, 11) is 1.61. The zero-order valence-corrected chi connectivity index (χ0v) is 11.9. The number of rotatable bonds is 6. The summed E-state index contributed by atoms with van der Waals surface area (Å²) in [6.07, 6.45) is 4.93. The van der Waals surface area contributed by atoms with Crippen molar-refractivity contribution in [3.05, 3.63) is 41.4 Å². The zero-order chi connectivity index (χ0) is 13.7. The first-order valence-electron chi connectivity index (χ1n) is 6.32. The summed E-state index contributed by atoms with van der Waals surface area (Å²) in [6, 6.07) is 5.63. The summed E-state index contributed by atoms with van der Waals surface area (Å²) in [5, 5.41) is 3.94. The van der Waals surface area contributed by atoms with E-state index in [-0.39, 0.29) is 0 Å². The van der Waals surface area contributed by atoms with Crippen LogP contribution in [0.1, 0.15) is 19.2 Å². The summed E-state index contributed by atoms with van der Waals surface area (Å²) >= 11 is 5.99. The normalized spacial score (nSPS) is 10.5. The summed E-state index contributed by atoms with van der Waals surface area (Å²) in [4.78, 5) is 4.35. The second kappa shape index (κ2) is 6.48. The third-order valence-corrected chi connectivity index (χ3v) is 3.18. The molecular formula is C14H18ClN3O. The largest absolute Gasteiger partial charge is 0.495 e. The molecule has 0 radical (unpaired) electrons. The smallest absolute Gasteiger partial charge is 0.139 e. The van der Waals surface area contributed by atoms with Gasteiger partial charge in [-0.15, -0.1) is 0 Å². The Bertz CT molecular complexity index is 539. The van der Waals surface area contributed by atoms with Crippen LogP contribution in [-0.4, -0.2) is 16.7 Å². The van der Waals surface area contributed by atoms with Crippen LogP contribution in [0, 0.1) is 0 Å². The lowest BCUT2D eigenvalue weighted by Crippen LogP contribution is -2.08. The average molecular weight is 280 g/mol. The minimum atomic E-state index is 0.612. The van der Waals surface area contributed by atoms with Crippen LogP contribution in [-0.2, 0) is 13.1 Å². The topological polar surface area (TPSA) is 39.1 Å². The van der Waals surface area contributed by atoms with E-state index in [1.165, 1.54) is 0 Å². The number of ether oxygens (including phenoxy) is 1. The number of aromatic nitrogens is 2. The highest BCUT2D eigenvalue weighted by molar-refractivity contribution is 6.32. The molecule has 1 aromatic heterocycles. The molecule has 1 aromatic carbocycles. The summed E-state index contributed by atoms with van der Waals surface area (Å²) < 4.78 is 7.35. The fourth-order valence-electron chi connectivity index (χ4n) is 1.90. The van der Waals surface area contributed by atoms with Gasteiger partial charge in [0.15, 0.2) is 0 Å². The molecule has 0 spiro atoms.